The smallest absolute Gasteiger partial charge is 0.220 e. The Balaban J connectivity index is 1.48. The molecular weight excluding hydrogens is 216 g/mol. The van der Waals surface area contributed by atoms with Crippen LogP contribution in [0.15, 0.2) is 0 Å². The van der Waals surface area contributed by atoms with Gasteiger partial charge in [-0.25, -0.2) is 0 Å². The van der Waals surface area contributed by atoms with Crippen molar-refractivity contribution >= 4 is 5.91 Å². The van der Waals surface area contributed by atoms with Crippen molar-refractivity contribution in [2.24, 2.45) is 5.92 Å². The molecule has 1 saturated carbocycles. The van der Waals surface area contributed by atoms with E-state index < -0.39 is 0 Å². The van der Waals surface area contributed by atoms with Gasteiger partial charge in [-0.15, -0.1) is 0 Å². The highest BCUT2D eigenvalue weighted by atomic mass is 16.5. The molecule has 0 spiro atoms. The van der Waals surface area contributed by atoms with Gasteiger partial charge in [0.2, 0.25) is 5.91 Å². The van der Waals surface area contributed by atoms with Crippen LogP contribution in [0.2, 0.25) is 0 Å². The number of amides is 1. The van der Waals surface area contributed by atoms with E-state index in [4.69, 9.17) is 4.74 Å². The molecule has 0 aromatic heterocycles. The average molecular weight is 240 g/mol. The maximum Gasteiger partial charge on any atom is 0.220 e. The Kier molecular flexibility index (Phi) is 4.80. The topological polar surface area (TPSA) is 50.4 Å². The SMILES string of the molecule is CC(NCCCC(=O)NC1CC1)C1CCOC1. The van der Waals surface area contributed by atoms with Crippen molar-refractivity contribution in [1.29, 1.82) is 0 Å². The number of ether oxygens (including phenoxy) is 1. The second kappa shape index (κ2) is 6.36. The van der Waals surface area contributed by atoms with E-state index in [0.29, 0.717) is 24.4 Å². The third-order valence-electron chi connectivity index (χ3n) is 3.66. The van der Waals surface area contributed by atoms with Crippen molar-refractivity contribution in [3.63, 3.8) is 0 Å². The first-order chi connectivity index (χ1) is 8.25. The van der Waals surface area contributed by atoms with Gasteiger partial charge in [-0.05, 0) is 45.1 Å². The van der Waals surface area contributed by atoms with Crippen molar-refractivity contribution in [1.82, 2.24) is 10.6 Å². The molecule has 2 unspecified atom stereocenters. The predicted octanol–water partition coefficient (Wildman–Crippen LogP) is 1.06. The number of nitrogens with one attached hydrogen (secondary N) is 2. The summed E-state index contributed by atoms with van der Waals surface area (Å²) in [5.74, 6) is 0.862. The maximum absolute atomic E-state index is 11.4. The van der Waals surface area contributed by atoms with Crippen LogP contribution < -0.4 is 10.6 Å². The number of carbonyl (C=O) groups is 1. The monoisotopic (exact) mass is 240 g/mol. The molecule has 1 aliphatic heterocycles. The second-order valence-electron chi connectivity index (χ2n) is 5.31. The minimum Gasteiger partial charge on any atom is -0.381 e. The summed E-state index contributed by atoms with van der Waals surface area (Å²) in [6.07, 6.45) is 5.08. The summed E-state index contributed by atoms with van der Waals surface area (Å²) in [4.78, 5) is 11.4. The van der Waals surface area contributed by atoms with Crippen LogP contribution in [0.1, 0.15) is 39.0 Å². The Morgan fingerprint density at radius 1 is 1.41 bits per heavy atom. The molecule has 0 bridgehead atoms. The molecule has 1 amide bonds. The first-order valence-electron chi connectivity index (χ1n) is 6.86. The minimum atomic E-state index is 0.214. The van der Waals surface area contributed by atoms with Crippen LogP contribution >= 0.6 is 0 Å². The lowest BCUT2D eigenvalue weighted by Gasteiger charge is -2.19. The molecule has 2 N–H and O–H groups in total. The van der Waals surface area contributed by atoms with E-state index >= 15 is 0 Å². The van der Waals surface area contributed by atoms with Crippen LogP contribution in [0.25, 0.3) is 0 Å². The number of carbonyl (C=O) groups excluding carboxylic acids is 1. The van der Waals surface area contributed by atoms with Gasteiger partial charge in [0, 0.05) is 25.1 Å². The van der Waals surface area contributed by atoms with Crippen molar-refractivity contribution in [3.8, 4) is 0 Å². The summed E-state index contributed by atoms with van der Waals surface area (Å²) in [5, 5.41) is 6.50. The first-order valence-corrected chi connectivity index (χ1v) is 6.86. The largest absolute Gasteiger partial charge is 0.381 e. The summed E-state index contributed by atoms with van der Waals surface area (Å²) >= 11 is 0. The van der Waals surface area contributed by atoms with Gasteiger partial charge in [-0.2, -0.15) is 0 Å². The van der Waals surface area contributed by atoms with E-state index in [2.05, 4.69) is 17.6 Å². The minimum absolute atomic E-state index is 0.214. The fourth-order valence-corrected chi connectivity index (χ4v) is 2.22. The maximum atomic E-state index is 11.4. The molecule has 1 saturated heterocycles. The zero-order chi connectivity index (χ0) is 12.1. The second-order valence-corrected chi connectivity index (χ2v) is 5.31. The Labute approximate surface area is 103 Å². The molecule has 4 heteroatoms. The van der Waals surface area contributed by atoms with Gasteiger partial charge in [0.15, 0.2) is 0 Å². The molecule has 2 rings (SSSR count). The van der Waals surface area contributed by atoms with Crippen LogP contribution in [0.3, 0.4) is 0 Å². The molecule has 17 heavy (non-hydrogen) atoms. The number of hydrogen-bond donors (Lipinski definition) is 2. The van der Waals surface area contributed by atoms with E-state index in [1.165, 1.54) is 12.8 Å². The van der Waals surface area contributed by atoms with E-state index in [9.17, 15) is 4.79 Å². The Morgan fingerprint density at radius 3 is 2.88 bits per heavy atom. The lowest BCUT2D eigenvalue weighted by atomic mass is 10.0. The molecule has 2 aliphatic rings. The van der Waals surface area contributed by atoms with Crippen molar-refractivity contribution in [2.45, 2.75) is 51.1 Å². The van der Waals surface area contributed by atoms with E-state index in [0.717, 1.165) is 32.6 Å². The average Bonchev–Trinajstić information content (AvgIpc) is 2.96. The molecular formula is C13H24N2O2. The lowest BCUT2D eigenvalue weighted by molar-refractivity contribution is -0.121. The first kappa shape index (κ1) is 12.8. The van der Waals surface area contributed by atoms with Gasteiger partial charge < -0.3 is 15.4 Å². The Morgan fingerprint density at radius 2 is 2.24 bits per heavy atom. The standard InChI is InChI=1S/C13H24N2O2/c1-10(11-6-8-17-9-11)14-7-2-3-13(16)15-12-4-5-12/h10-12,14H,2-9H2,1H3,(H,15,16). The number of hydrogen-bond acceptors (Lipinski definition) is 3. The van der Waals surface area contributed by atoms with Crippen molar-refractivity contribution in [2.75, 3.05) is 19.8 Å². The predicted molar refractivity (Wildman–Crippen MR) is 66.8 cm³/mol. The molecule has 1 aliphatic carbocycles. The highest BCUT2D eigenvalue weighted by Crippen LogP contribution is 2.18. The van der Waals surface area contributed by atoms with Gasteiger partial charge in [-0.3, -0.25) is 4.79 Å². The van der Waals surface area contributed by atoms with Crippen LogP contribution in [0, 0.1) is 5.92 Å². The van der Waals surface area contributed by atoms with Crippen molar-refractivity contribution < 1.29 is 9.53 Å². The molecule has 4 nitrogen and oxygen atoms in total. The zero-order valence-electron chi connectivity index (χ0n) is 10.7. The molecule has 2 atom stereocenters. The summed E-state index contributed by atoms with van der Waals surface area (Å²) in [6.45, 7) is 4.93. The summed E-state index contributed by atoms with van der Waals surface area (Å²) in [5.41, 5.74) is 0. The highest BCUT2D eigenvalue weighted by Gasteiger charge is 2.23. The van der Waals surface area contributed by atoms with Gasteiger partial charge in [-0.1, -0.05) is 0 Å². The van der Waals surface area contributed by atoms with Crippen LogP contribution in [-0.4, -0.2) is 37.7 Å². The van der Waals surface area contributed by atoms with Crippen LogP contribution in [0.5, 0.6) is 0 Å². The van der Waals surface area contributed by atoms with E-state index in [-0.39, 0.29) is 5.91 Å². The van der Waals surface area contributed by atoms with E-state index in [1.807, 2.05) is 0 Å². The normalized spacial score (nSPS) is 25.8. The van der Waals surface area contributed by atoms with Crippen LogP contribution in [-0.2, 0) is 9.53 Å². The quantitative estimate of drug-likeness (QED) is 0.654. The fourth-order valence-electron chi connectivity index (χ4n) is 2.22. The van der Waals surface area contributed by atoms with E-state index in [1.54, 1.807) is 0 Å². The third-order valence-corrected chi connectivity index (χ3v) is 3.66. The molecule has 0 radical (unpaired) electrons. The molecule has 0 aromatic rings. The molecule has 0 aromatic carbocycles. The molecule has 2 fully saturated rings. The number of rotatable bonds is 7. The molecule has 98 valence electrons. The summed E-state index contributed by atoms with van der Waals surface area (Å²) < 4.78 is 5.37. The van der Waals surface area contributed by atoms with Gasteiger partial charge in [0.05, 0.1) is 6.61 Å². The lowest BCUT2D eigenvalue weighted by Crippen LogP contribution is -2.35. The van der Waals surface area contributed by atoms with Gasteiger partial charge in [0.1, 0.15) is 0 Å². The Bertz CT molecular complexity index is 248. The Hall–Kier alpha value is -0.610. The van der Waals surface area contributed by atoms with Crippen LogP contribution in [0.4, 0.5) is 0 Å². The van der Waals surface area contributed by atoms with Gasteiger partial charge in [0.25, 0.3) is 0 Å². The third kappa shape index (κ3) is 4.64. The van der Waals surface area contributed by atoms with Crippen molar-refractivity contribution in [3.05, 3.63) is 0 Å². The highest BCUT2D eigenvalue weighted by molar-refractivity contribution is 5.76. The summed E-state index contributed by atoms with van der Waals surface area (Å²) in [7, 11) is 0. The zero-order valence-corrected chi connectivity index (χ0v) is 10.7. The summed E-state index contributed by atoms with van der Waals surface area (Å²) in [6, 6.07) is 0.994. The van der Waals surface area contributed by atoms with Gasteiger partial charge >= 0.3 is 0 Å². The molecule has 1 heterocycles. The fraction of sp³-hybridized carbons (Fsp3) is 0.923.